The number of likely N-dealkylation sites (tertiary alicyclic amines) is 1. The van der Waals surface area contributed by atoms with Crippen molar-refractivity contribution in [2.24, 2.45) is 11.8 Å². The molecule has 3 heterocycles. The number of nitrogens with one attached hydrogen (secondary N) is 2. The van der Waals surface area contributed by atoms with E-state index in [9.17, 15) is 18.3 Å². The molecule has 5 rings (SSSR count). The fraction of sp³-hybridized carbons (Fsp3) is 0.571. The van der Waals surface area contributed by atoms with Gasteiger partial charge in [0.25, 0.3) is 0 Å². The van der Waals surface area contributed by atoms with Gasteiger partial charge in [0, 0.05) is 25.2 Å². The monoisotopic (exact) mass is 406 g/mol. The number of H-pyrrole nitrogens is 1. The first-order chi connectivity index (χ1) is 13.9. The number of aliphatic hydroxyl groups excluding tert-OH is 1. The van der Waals surface area contributed by atoms with Crippen LogP contribution in [0, 0.1) is 11.8 Å². The molecule has 3 aliphatic rings. The van der Waals surface area contributed by atoms with Crippen molar-refractivity contribution in [2.45, 2.75) is 44.1 Å². The van der Waals surface area contributed by atoms with Crippen LogP contribution in [0.5, 0.6) is 0 Å². The predicted molar refractivity (Wildman–Crippen MR) is 101 cm³/mol. The third-order valence-corrected chi connectivity index (χ3v) is 6.91. The minimum Gasteiger partial charge on any atom is -0.372 e. The van der Waals surface area contributed by atoms with E-state index in [0.29, 0.717) is 36.2 Å². The second-order valence-corrected chi connectivity index (χ2v) is 8.59. The number of hydrogen-bond donors (Lipinski definition) is 3. The molecule has 1 aromatic heterocycles. The number of aromatic amines is 1. The van der Waals surface area contributed by atoms with E-state index in [-0.39, 0.29) is 5.92 Å². The van der Waals surface area contributed by atoms with Gasteiger partial charge in [0.15, 0.2) is 6.23 Å². The van der Waals surface area contributed by atoms with Crippen molar-refractivity contribution in [3.63, 3.8) is 0 Å². The Kier molecular flexibility index (Phi) is 4.68. The van der Waals surface area contributed by atoms with Gasteiger partial charge in [0.05, 0.1) is 11.3 Å². The van der Waals surface area contributed by atoms with Crippen LogP contribution in [-0.2, 0) is 19.1 Å². The maximum atomic E-state index is 13.4. The third-order valence-electron chi connectivity index (χ3n) is 6.91. The fourth-order valence-electron chi connectivity index (χ4n) is 5.56. The normalized spacial score (nSPS) is 28.3. The molecule has 0 bridgehead atoms. The largest absolute Gasteiger partial charge is 0.416 e. The molecule has 0 spiro atoms. The van der Waals surface area contributed by atoms with Gasteiger partial charge in [0.1, 0.15) is 5.69 Å². The van der Waals surface area contributed by atoms with Gasteiger partial charge in [0.2, 0.25) is 0 Å². The Labute approximate surface area is 167 Å². The lowest BCUT2D eigenvalue weighted by molar-refractivity contribution is -0.138. The number of alkyl halides is 3. The smallest absolute Gasteiger partial charge is 0.372 e. The zero-order valence-electron chi connectivity index (χ0n) is 16.0. The molecule has 0 amide bonds. The number of halogens is 3. The van der Waals surface area contributed by atoms with Crippen molar-refractivity contribution in [3.8, 4) is 0 Å². The molecule has 3 N–H and O–H groups in total. The second kappa shape index (κ2) is 7.11. The first-order valence-electron chi connectivity index (χ1n) is 10.3. The molecule has 1 aliphatic carbocycles. The number of fused-ring (bicyclic) bond motifs is 2. The van der Waals surface area contributed by atoms with Crippen molar-refractivity contribution in [3.05, 3.63) is 52.3 Å². The lowest BCUT2D eigenvalue weighted by atomic mass is 9.91. The number of aromatic nitrogens is 2. The molecule has 1 aromatic carbocycles. The van der Waals surface area contributed by atoms with Crippen LogP contribution in [0.15, 0.2) is 24.3 Å². The summed E-state index contributed by atoms with van der Waals surface area (Å²) in [5.74, 6) is 0.561. The summed E-state index contributed by atoms with van der Waals surface area (Å²) in [6.45, 7) is 3.02. The number of rotatable bonds is 3. The van der Waals surface area contributed by atoms with Crippen molar-refractivity contribution >= 4 is 0 Å². The van der Waals surface area contributed by atoms with Crippen LogP contribution in [0.2, 0.25) is 0 Å². The highest BCUT2D eigenvalue weighted by molar-refractivity contribution is 5.34. The van der Waals surface area contributed by atoms with E-state index in [1.807, 2.05) is 4.90 Å². The highest BCUT2D eigenvalue weighted by Crippen LogP contribution is 2.49. The standard InChI is InChI=1S/C21H25F3N4O/c22-21(23,24)17-4-2-1-3-15(17)12-7-13-10-28(11-14(13)8-12)20(29)19-16-5-6-25-9-18(16)26-27-19/h1-4,12-14,20,25,29H,5-11H2,(H,26,27). The summed E-state index contributed by atoms with van der Waals surface area (Å²) in [6, 6.07) is 5.98. The van der Waals surface area contributed by atoms with Crippen LogP contribution in [-0.4, -0.2) is 39.8 Å². The zero-order chi connectivity index (χ0) is 20.2. The summed E-state index contributed by atoms with van der Waals surface area (Å²) in [6.07, 6.45) is -2.74. The van der Waals surface area contributed by atoms with Crippen molar-refractivity contribution in [1.82, 2.24) is 20.4 Å². The maximum absolute atomic E-state index is 13.4. The van der Waals surface area contributed by atoms with Gasteiger partial charge in [-0.3, -0.25) is 10.00 Å². The number of nitrogens with zero attached hydrogens (tertiary/aromatic N) is 2. The van der Waals surface area contributed by atoms with E-state index in [4.69, 9.17) is 0 Å². The highest BCUT2D eigenvalue weighted by atomic mass is 19.4. The predicted octanol–water partition coefficient (Wildman–Crippen LogP) is 3.19. The molecule has 0 radical (unpaired) electrons. The fourth-order valence-corrected chi connectivity index (χ4v) is 5.56. The van der Waals surface area contributed by atoms with Crippen LogP contribution in [0.25, 0.3) is 0 Å². The van der Waals surface area contributed by atoms with Gasteiger partial charge >= 0.3 is 6.18 Å². The second-order valence-electron chi connectivity index (χ2n) is 8.59. The van der Waals surface area contributed by atoms with Gasteiger partial charge in [-0.05, 0) is 55.2 Å². The van der Waals surface area contributed by atoms with Crippen LogP contribution >= 0.6 is 0 Å². The Hall–Kier alpha value is -1.90. The summed E-state index contributed by atoms with van der Waals surface area (Å²) in [4.78, 5) is 2.04. The molecule has 5 nitrogen and oxygen atoms in total. The van der Waals surface area contributed by atoms with E-state index in [2.05, 4.69) is 15.5 Å². The molecule has 3 atom stereocenters. The van der Waals surface area contributed by atoms with Crippen LogP contribution in [0.1, 0.15) is 53.1 Å². The average molecular weight is 406 g/mol. The summed E-state index contributed by atoms with van der Waals surface area (Å²) in [5, 5.41) is 21.6. The average Bonchev–Trinajstić information content (AvgIpc) is 3.39. The topological polar surface area (TPSA) is 64.2 Å². The van der Waals surface area contributed by atoms with Gasteiger partial charge in [-0.25, -0.2) is 0 Å². The Morgan fingerprint density at radius 3 is 2.59 bits per heavy atom. The lowest BCUT2D eigenvalue weighted by Crippen LogP contribution is -2.30. The quantitative estimate of drug-likeness (QED) is 0.733. The van der Waals surface area contributed by atoms with Gasteiger partial charge < -0.3 is 10.4 Å². The minimum absolute atomic E-state index is 0.0636. The molecule has 156 valence electrons. The molecule has 2 aliphatic heterocycles. The molecule has 8 heteroatoms. The minimum atomic E-state index is -4.32. The SMILES string of the molecule is OC(c1n[nH]c2c1CCNC2)N1CC2CC(c3ccccc3C(F)(F)F)CC2C1. The summed E-state index contributed by atoms with van der Waals surface area (Å²) >= 11 is 0. The summed E-state index contributed by atoms with van der Waals surface area (Å²) < 4.78 is 40.2. The molecule has 2 fully saturated rings. The van der Waals surface area contributed by atoms with E-state index in [1.165, 1.54) is 12.1 Å². The van der Waals surface area contributed by atoms with Crippen molar-refractivity contribution in [2.75, 3.05) is 19.6 Å². The van der Waals surface area contributed by atoms with E-state index < -0.39 is 18.0 Å². The molecule has 3 unspecified atom stereocenters. The Morgan fingerprint density at radius 2 is 1.86 bits per heavy atom. The van der Waals surface area contributed by atoms with E-state index in [1.54, 1.807) is 12.1 Å². The van der Waals surface area contributed by atoms with Gasteiger partial charge in [-0.2, -0.15) is 18.3 Å². The number of aliphatic hydroxyl groups is 1. The summed E-state index contributed by atoms with van der Waals surface area (Å²) in [7, 11) is 0. The van der Waals surface area contributed by atoms with Gasteiger partial charge in [-0.1, -0.05) is 18.2 Å². The van der Waals surface area contributed by atoms with E-state index >= 15 is 0 Å². The molecular weight excluding hydrogens is 381 g/mol. The molecule has 29 heavy (non-hydrogen) atoms. The van der Waals surface area contributed by atoms with Crippen molar-refractivity contribution in [1.29, 1.82) is 0 Å². The van der Waals surface area contributed by atoms with Crippen LogP contribution in [0.4, 0.5) is 13.2 Å². The number of benzene rings is 1. The van der Waals surface area contributed by atoms with Crippen LogP contribution < -0.4 is 5.32 Å². The summed E-state index contributed by atoms with van der Waals surface area (Å²) in [5.41, 5.74) is 2.77. The Bertz CT molecular complexity index is 882. The molecular formula is C21H25F3N4O. The molecule has 1 saturated heterocycles. The molecule has 1 saturated carbocycles. The zero-order valence-corrected chi connectivity index (χ0v) is 16.0. The van der Waals surface area contributed by atoms with Gasteiger partial charge in [-0.15, -0.1) is 0 Å². The lowest BCUT2D eigenvalue weighted by Gasteiger charge is -2.25. The first-order valence-corrected chi connectivity index (χ1v) is 10.3. The Morgan fingerprint density at radius 1 is 1.14 bits per heavy atom. The third kappa shape index (κ3) is 3.37. The van der Waals surface area contributed by atoms with Crippen LogP contribution in [0.3, 0.4) is 0 Å². The number of hydrogen-bond acceptors (Lipinski definition) is 4. The van der Waals surface area contributed by atoms with Crippen molar-refractivity contribution < 1.29 is 18.3 Å². The maximum Gasteiger partial charge on any atom is 0.416 e. The Balaban J connectivity index is 1.29. The highest BCUT2D eigenvalue weighted by Gasteiger charge is 2.45. The first kappa shape index (κ1) is 19.1. The molecule has 2 aromatic rings. The van der Waals surface area contributed by atoms with E-state index in [0.717, 1.165) is 43.6 Å².